The van der Waals surface area contributed by atoms with Gasteiger partial charge >= 0.3 is 0 Å². The van der Waals surface area contributed by atoms with Gasteiger partial charge in [0.25, 0.3) is 0 Å². The number of fused-ring (bicyclic) bond motifs is 4. The maximum atomic E-state index is 6.61. The Labute approximate surface area is 158 Å². The standard InChI is InChI=1S/C23H22N2O2/c1-14-20-21-16-10-5-6-11-17(16)26-18-12-7-13-19(22(18)21)27-23(20)25(24-14)15-8-3-2-4-9-15/h2-6,8-11,18-19,21-22H,7,12-13H2,1H3/t18-,19+,21-,22-/m1/s1. The van der Waals surface area contributed by atoms with Crippen LogP contribution in [0.3, 0.4) is 0 Å². The first-order chi connectivity index (χ1) is 13.3. The number of hydrogen-bond donors (Lipinski definition) is 0. The van der Waals surface area contributed by atoms with Gasteiger partial charge in [-0.3, -0.25) is 0 Å². The predicted octanol–water partition coefficient (Wildman–Crippen LogP) is 4.63. The third kappa shape index (κ3) is 2.13. The van der Waals surface area contributed by atoms with Crippen molar-refractivity contribution in [3.8, 4) is 17.3 Å². The van der Waals surface area contributed by atoms with E-state index in [1.54, 1.807) is 0 Å². The lowest BCUT2D eigenvalue weighted by Gasteiger charge is -2.48. The molecule has 1 fully saturated rings. The summed E-state index contributed by atoms with van der Waals surface area (Å²) in [7, 11) is 0. The molecule has 3 aliphatic rings. The van der Waals surface area contributed by atoms with Gasteiger partial charge in [-0.1, -0.05) is 36.4 Å². The van der Waals surface area contributed by atoms with E-state index in [0.29, 0.717) is 11.8 Å². The highest BCUT2D eigenvalue weighted by Gasteiger charge is 2.51. The van der Waals surface area contributed by atoms with Crippen molar-refractivity contribution in [2.45, 2.75) is 44.3 Å². The van der Waals surface area contributed by atoms with Crippen LogP contribution in [0, 0.1) is 12.8 Å². The first-order valence-corrected chi connectivity index (χ1v) is 9.88. The molecular weight excluding hydrogens is 336 g/mol. The molecule has 1 saturated carbocycles. The average Bonchev–Trinajstić information content (AvgIpc) is 3.05. The maximum Gasteiger partial charge on any atom is 0.221 e. The Bertz CT molecular complexity index is 1010. The van der Waals surface area contributed by atoms with Gasteiger partial charge in [0, 0.05) is 23.0 Å². The van der Waals surface area contributed by atoms with Gasteiger partial charge < -0.3 is 9.47 Å². The second-order valence-electron chi connectivity index (χ2n) is 7.89. The molecule has 0 N–H and O–H groups in total. The lowest BCUT2D eigenvalue weighted by molar-refractivity contribution is -0.0331. The molecule has 2 aliphatic heterocycles. The van der Waals surface area contributed by atoms with Crippen molar-refractivity contribution in [2.24, 2.45) is 5.92 Å². The summed E-state index contributed by atoms with van der Waals surface area (Å²) in [6, 6.07) is 18.8. The quantitative estimate of drug-likeness (QED) is 0.636. The van der Waals surface area contributed by atoms with E-state index >= 15 is 0 Å². The van der Waals surface area contributed by atoms with E-state index in [4.69, 9.17) is 14.6 Å². The molecule has 1 aliphatic carbocycles. The monoisotopic (exact) mass is 358 g/mol. The van der Waals surface area contributed by atoms with Gasteiger partial charge in [-0.2, -0.15) is 5.10 Å². The number of aromatic nitrogens is 2. The Hall–Kier alpha value is -2.75. The van der Waals surface area contributed by atoms with Crippen LogP contribution >= 0.6 is 0 Å². The fraction of sp³-hybridized carbons (Fsp3) is 0.348. The predicted molar refractivity (Wildman–Crippen MR) is 103 cm³/mol. The lowest BCUT2D eigenvalue weighted by Crippen LogP contribution is -2.50. The van der Waals surface area contributed by atoms with Crippen LogP contribution < -0.4 is 9.47 Å². The van der Waals surface area contributed by atoms with Gasteiger partial charge in [0.15, 0.2) is 0 Å². The van der Waals surface area contributed by atoms with Crippen LogP contribution in [-0.4, -0.2) is 22.0 Å². The lowest BCUT2D eigenvalue weighted by atomic mass is 9.67. The Morgan fingerprint density at radius 2 is 1.67 bits per heavy atom. The average molecular weight is 358 g/mol. The fourth-order valence-corrected chi connectivity index (χ4v) is 5.29. The van der Waals surface area contributed by atoms with Crippen LogP contribution in [0.1, 0.15) is 42.0 Å². The molecule has 3 heterocycles. The van der Waals surface area contributed by atoms with Gasteiger partial charge in [-0.15, -0.1) is 0 Å². The van der Waals surface area contributed by atoms with E-state index in [1.165, 1.54) is 11.1 Å². The summed E-state index contributed by atoms with van der Waals surface area (Å²) in [5.74, 6) is 2.62. The molecule has 0 bridgehead atoms. The molecule has 2 aromatic carbocycles. The van der Waals surface area contributed by atoms with Crippen molar-refractivity contribution in [1.82, 2.24) is 9.78 Å². The largest absolute Gasteiger partial charge is 0.490 e. The first-order valence-electron chi connectivity index (χ1n) is 9.88. The molecular formula is C23H22N2O2. The molecule has 3 aromatic rings. The summed E-state index contributed by atoms with van der Waals surface area (Å²) in [5.41, 5.74) is 4.62. The minimum Gasteiger partial charge on any atom is -0.490 e. The molecule has 136 valence electrons. The summed E-state index contributed by atoms with van der Waals surface area (Å²) in [6.07, 6.45) is 3.76. The van der Waals surface area contributed by atoms with E-state index < -0.39 is 0 Å². The summed E-state index contributed by atoms with van der Waals surface area (Å²) < 4.78 is 15.0. The van der Waals surface area contributed by atoms with E-state index in [9.17, 15) is 0 Å². The van der Waals surface area contributed by atoms with Gasteiger partial charge in [-0.05, 0) is 44.4 Å². The zero-order valence-electron chi connectivity index (χ0n) is 15.3. The molecule has 0 unspecified atom stereocenters. The minimum atomic E-state index is 0.188. The number of nitrogens with zero attached hydrogens (tertiary/aromatic N) is 2. The minimum absolute atomic E-state index is 0.188. The first kappa shape index (κ1) is 15.3. The Morgan fingerprint density at radius 3 is 2.52 bits per heavy atom. The van der Waals surface area contributed by atoms with Crippen LogP contribution in [0.25, 0.3) is 5.69 Å². The molecule has 0 spiro atoms. The Balaban J connectivity index is 1.60. The van der Waals surface area contributed by atoms with Gasteiger partial charge in [-0.25, -0.2) is 4.68 Å². The molecule has 4 atom stereocenters. The molecule has 0 amide bonds. The molecule has 4 nitrogen and oxygen atoms in total. The zero-order chi connectivity index (χ0) is 18.0. The number of benzene rings is 2. The highest BCUT2D eigenvalue weighted by atomic mass is 16.5. The molecule has 1 aromatic heterocycles. The normalized spacial score (nSPS) is 27.6. The van der Waals surface area contributed by atoms with Crippen molar-refractivity contribution in [3.63, 3.8) is 0 Å². The molecule has 27 heavy (non-hydrogen) atoms. The van der Waals surface area contributed by atoms with Crippen molar-refractivity contribution in [3.05, 3.63) is 71.4 Å². The Kier molecular flexibility index (Phi) is 3.19. The number of rotatable bonds is 1. The van der Waals surface area contributed by atoms with Gasteiger partial charge in [0.2, 0.25) is 5.88 Å². The highest BCUT2D eigenvalue weighted by molar-refractivity contribution is 5.53. The van der Waals surface area contributed by atoms with Crippen LogP contribution in [0.2, 0.25) is 0 Å². The number of aryl methyl sites for hydroxylation is 1. The third-order valence-corrected chi connectivity index (χ3v) is 6.39. The summed E-state index contributed by atoms with van der Waals surface area (Å²) in [4.78, 5) is 0. The van der Waals surface area contributed by atoms with E-state index in [1.807, 2.05) is 22.9 Å². The van der Waals surface area contributed by atoms with Crippen LogP contribution in [0.15, 0.2) is 54.6 Å². The smallest absolute Gasteiger partial charge is 0.221 e. The van der Waals surface area contributed by atoms with E-state index in [2.05, 4.69) is 43.3 Å². The van der Waals surface area contributed by atoms with Crippen molar-refractivity contribution in [2.75, 3.05) is 0 Å². The highest BCUT2D eigenvalue weighted by Crippen LogP contribution is 2.55. The zero-order valence-corrected chi connectivity index (χ0v) is 15.3. The Morgan fingerprint density at radius 1 is 0.926 bits per heavy atom. The SMILES string of the molecule is Cc1nn(-c2ccccc2)c2c1[C@H]1c3ccccc3O[C@@H]3CCC[C@H](O2)[C@H]13. The van der Waals surface area contributed by atoms with Gasteiger partial charge in [0.1, 0.15) is 18.0 Å². The third-order valence-electron chi connectivity index (χ3n) is 6.39. The van der Waals surface area contributed by atoms with E-state index in [-0.39, 0.29) is 12.2 Å². The van der Waals surface area contributed by atoms with Crippen LogP contribution in [-0.2, 0) is 0 Å². The summed E-state index contributed by atoms with van der Waals surface area (Å²) >= 11 is 0. The number of ether oxygens (including phenoxy) is 2. The topological polar surface area (TPSA) is 36.3 Å². The second kappa shape index (κ2) is 5.62. The van der Waals surface area contributed by atoms with Crippen LogP contribution in [0.5, 0.6) is 11.6 Å². The van der Waals surface area contributed by atoms with Crippen molar-refractivity contribution in [1.29, 1.82) is 0 Å². The molecule has 0 saturated heterocycles. The molecule has 6 rings (SSSR count). The molecule has 0 radical (unpaired) electrons. The number of hydrogen-bond acceptors (Lipinski definition) is 3. The van der Waals surface area contributed by atoms with Crippen LogP contribution in [0.4, 0.5) is 0 Å². The second-order valence-corrected chi connectivity index (χ2v) is 7.89. The van der Waals surface area contributed by atoms with E-state index in [0.717, 1.165) is 42.3 Å². The molecule has 4 heteroatoms. The van der Waals surface area contributed by atoms with Gasteiger partial charge in [0.05, 0.1) is 11.4 Å². The maximum absolute atomic E-state index is 6.61. The van der Waals surface area contributed by atoms with Crippen molar-refractivity contribution < 1.29 is 9.47 Å². The fourth-order valence-electron chi connectivity index (χ4n) is 5.29. The summed E-state index contributed by atoms with van der Waals surface area (Å²) in [5, 5.41) is 4.89. The van der Waals surface area contributed by atoms with Crippen molar-refractivity contribution >= 4 is 0 Å². The number of para-hydroxylation sites is 2. The summed E-state index contributed by atoms with van der Waals surface area (Å²) in [6.45, 7) is 2.11.